The molecule has 0 heterocycles. The second-order valence-electron chi connectivity index (χ2n) is 5.32. The predicted octanol–water partition coefficient (Wildman–Crippen LogP) is 0.503. The van der Waals surface area contributed by atoms with E-state index in [-0.39, 0.29) is 29.2 Å². The lowest BCUT2D eigenvalue weighted by Crippen LogP contribution is -2.46. The summed E-state index contributed by atoms with van der Waals surface area (Å²) in [4.78, 5) is 32.1. The number of nitrogens with one attached hydrogen (secondary N) is 1. The smallest absolute Gasteiger partial charge is 0.321 e. The highest BCUT2D eigenvalue weighted by Gasteiger charge is 2.33. The van der Waals surface area contributed by atoms with E-state index in [0.717, 1.165) is 6.07 Å². The zero-order valence-electron chi connectivity index (χ0n) is 13.9. The number of benzene rings is 1. The number of carboxylic acid groups (broad SMARTS) is 1. The van der Waals surface area contributed by atoms with Crippen LogP contribution in [-0.4, -0.2) is 53.8 Å². The molecule has 11 heteroatoms. The topological polar surface area (TPSA) is 147 Å². The number of hydrogen-bond donors (Lipinski definition) is 2. The molecule has 10 nitrogen and oxygen atoms in total. The van der Waals surface area contributed by atoms with E-state index in [1.807, 2.05) is 0 Å². The first-order valence-corrected chi connectivity index (χ1v) is 8.66. The minimum atomic E-state index is -4.32. The number of aliphatic carboxylic acids is 1. The highest BCUT2D eigenvalue weighted by Crippen LogP contribution is 2.25. The van der Waals surface area contributed by atoms with E-state index in [4.69, 9.17) is 5.11 Å². The summed E-state index contributed by atoms with van der Waals surface area (Å²) in [6, 6.07) is 1.93. The molecule has 0 aliphatic carbocycles. The summed E-state index contributed by atoms with van der Waals surface area (Å²) >= 11 is 0. The lowest BCUT2D eigenvalue weighted by molar-refractivity contribution is -0.385. The zero-order chi connectivity index (χ0) is 19.4. The number of carbonyl (C=O) groups excluding carboxylic acids is 1. The lowest BCUT2D eigenvalue weighted by Gasteiger charge is -2.25. The second kappa shape index (κ2) is 8.03. The number of rotatable bonds is 8. The van der Waals surface area contributed by atoms with Gasteiger partial charge in [-0.2, -0.15) is 4.31 Å². The van der Waals surface area contributed by atoms with E-state index in [1.165, 1.54) is 32.9 Å². The summed E-state index contributed by atoms with van der Waals surface area (Å²) in [5, 5.41) is 22.6. The normalized spacial score (nSPS) is 12.6. The number of hydrogen-bond acceptors (Lipinski definition) is 6. The average Bonchev–Trinajstić information content (AvgIpc) is 2.50. The zero-order valence-corrected chi connectivity index (χ0v) is 14.7. The number of nitro benzene ring substituents is 1. The van der Waals surface area contributed by atoms with Crippen LogP contribution < -0.4 is 5.32 Å². The molecule has 1 aromatic carbocycles. The van der Waals surface area contributed by atoms with Crippen molar-refractivity contribution in [2.24, 2.45) is 0 Å². The van der Waals surface area contributed by atoms with Crippen molar-refractivity contribution in [2.45, 2.75) is 31.7 Å². The van der Waals surface area contributed by atoms with Crippen LogP contribution in [0.2, 0.25) is 0 Å². The van der Waals surface area contributed by atoms with Gasteiger partial charge in [-0.05, 0) is 19.9 Å². The Hall–Kier alpha value is -2.53. The maximum Gasteiger partial charge on any atom is 0.321 e. The molecule has 1 unspecified atom stereocenters. The first-order valence-electron chi connectivity index (χ1n) is 7.22. The van der Waals surface area contributed by atoms with Gasteiger partial charge in [-0.3, -0.25) is 19.7 Å². The summed E-state index contributed by atoms with van der Waals surface area (Å²) in [7, 11) is -4.32. The molecule has 1 rings (SSSR count). The molecule has 0 saturated carbocycles. The van der Waals surface area contributed by atoms with Crippen molar-refractivity contribution in [2.75, 3.05) is 13.1 Å². The maximum absolute atomic E-state index is 12.8. The van der Waals surface area contributed by atoms with E-state index in [1.54, 1.807) is 0 Å². The quantitative estimate of drug-likeness (QED) is 0.498. The molecule has 0 bridgehead atoms. The molecule has 138 valence electrons. The van der Waals surface area contributed by atoms with Gasteiger partial charge < -0.3 is 10.4 Å². The van der Waals surface area contributed by atoms with Gasteiger partial charge in [0.15, 0.2) is 0 Å². The molecule has 1 atom stereocenters. The van der Waals surface area contributed by atoms with Crippen molar-refractivity contribution in [3.63, 3.8) is 0 Å². The van der Waals surface area contributed by atoms with E-state index in [9.17, 15) is 28.1 Å². The molecule has 0 saturated heterocycles. The molecule has 0 radical (unpaired) electrons. The fourth-order valence-corrected chi connectivity index (χ4v) is 3.68. The molecular formula is C14H19N3O7S. The van der Waals surface area contributed by atoms with Crippen molar-refractivity contribution in [3.05, 3.63) is 33.9 Å². The Labute approximate surface area is 144 Å². The highest BCUT2D eigenvalue weighted by atomic mass is 32.2. The van der Waals surface area contributed by atoms with Crippen molar-refractivity contribution in [1.82, 2.24) is 9.62 Å². The van der Waals surface area contributed by atoms with Crippen LogP contribution in [0.5, 0.6) is 0 Å². The first-order chi connectivity index (χ1) is 11.5. The Bertz CT molecular complexity index is 792. The number of amides is 1. The molecular weight excluding hydrogens is 354 g/mol. The number of sulfonamides is 1. The third-order valence-corrected chi connectivity index (χ3v) is 5.45. The van der Waals surface area contributed by atoms with E-state index < -0.39 is 32.9 Å². The van der Waals surface area contributed by atoms with Gasteiger partial charge in [-0.25, -0.2) is 8.42 Å². The first kappa shape index (κ1) is 20.5. The Balaban J connectivity index is 3.30. The molecule has 0 aromatic heterocycles. The molecule has 0 fully saturated rings. The van der Waals surface area contributed by atoms with Gasteiger partial charge in [0.25, 0.3) is 5.69 Å². The van der Waals surface area contributed by atoms with Crippen LogP contribution in [0.25, 0.3) is 0 Å². The van der Waals surface area contributed by atoms with Crippen LogP contribution in [0.4, 0.5) is 5.69 Å². The van der Waals surface area contributed by atoms with Gasteiger partial charge in [0, 0.05) is 31.6 Å². The summed E-state index contributed by atoms with van der Waals surface area (Å²) in [5.74, 6) is -1.78. The van der Waals surface area contributed by atoms with Crippen molar-refractivity contribution in [3.8, 4) is 0 Å². The number of nitrogens with zero attached hydrogens (tertiary/aromatic N) is 2. The van der Waals surface area contributed by atoms with Crippen molar-refractivity contribution in [1.29, 1.82) is 0 Å². The van der Waals surface area contributed by atoms with Gasteiger partial charge in [0.1, 0.15) is 6.04 Å². The third-order valence-electron chi connectivity index (χ3n) is 3.48. The molecule has 25 heavy (non-hydrogen) atoms. The summed E-state index contributed by atoms with van der Waals surface area (Å²) in [5.41, 5.74) is -0.106. The van der Waals surface area contributed by atoms with Gasteiger partial charge in [0.2, 0.25) is 15.9 Å². The molecule has 1 aromatic rings. The Morgan fingerprint density at radius 3 is 2.48 bits per heavy atom. The van der Waals surface area contributed by atoms with Crippen LogP contribution in [0.3, 0.4) is 0 Å². The lowest BCUT2D eigenvalue weighted by atomic mass is 10.2. The summed E-state index contributed by atoms with van der Waals surface area (Å²) in [6.45, 7) is 3.49. The van der Waals surface area contributed by atoms with E-state index >= 15 is 0 Å². The summed E-state index contributed by atoms with van der Waals surface area (Å²) < 4.78 is 26.2. The Morgan fingerprint density at radius 1 is 1.40 bits per heavy atom. The fraction of sp³-hybridized carbons (Fsp3) is 0.429. The molecule has 0 aliphatic rings. The third kappa shape index (κ3) is 4.97. The second-order valence-corrected chi connectivity index (χ2v) is 7.21. The van der Waals surface area contributed by atoms with Gasteiger partial charge >= 0.3 is 5.97 Å². The van der Waals surface area contributed by atoms with Crippen LogP contribution in [-0.2, 0) is 19.6 Å². The highest BCUT2D eigenvalue weighted by molar-refractivity contribution is 7.89. The van der Waals surface area contributed by atoms with E-state index in [0.29, 0.717) is 4.31 Å². The fourth-order valence-electron chi connectivity index (χ4n) is 2.07. The van der Waals surface area contributed by atoms with E-state index in [2.05, 4.69) is 5.32 Å². The minimum absolute atomic E-state index is 0.0971. The Morgan fingerprint density at radius 2 is 2.00 bits per heavy atom. The maximum atomic E-state index is 12.8. The number of carbonyl (C=O) groups is 2. The van der Waals surface area contributed by atoms with Crippen LogP contribution >= 0.6 is 0 Å². The predicted molar refractivity (Wildman–Crippen MR) is 87.5 cm³/mol. The summed E-state index contributed by atoms with van der Waals surface area (Å²) in [6.07, 6.45) is 0. The van der Waals surface area contributed by atoms with Gasteiger partial charge in [0.05, 0.1) is 9.82 Å². The molecule has 0 spiro atoms. The van der Waals surface area contributed by atoms with Crippen LogP contribution in [0, 0.1) is 17.0 Å². The van der Waals surface area contributed by atoms with Gasteiger partial charge in [-0.15, -0.1) is 0 Å². The SMILES string of the molecule is CC(=O)NCCN(C(C)C(=O)O)S(=O)(=O)c1ccc(C)c([N+](=O)[O-])c1. The monoisotopic (exact) mass is 373 g/mol. The van der Waals surface area contributed by atoms with Crippen molar-refractivity contribution < 1.29 is 28.0 Å². The number of carboxylic acids is 1. The largest absolute Gasteiger partial charge is 0.480 e. The molecule has 1 amide bonds. The van der Waals surface area contributed by atoms with Crippen molar-refractivity contribution >= 4 is 27.6 Å². The number of nitro groups is 1. The average molecular weight is 373 g/mol. The molecule has 0 aliphatic heterocycles. The van der Waals surface area contributed by atoms with Crippen LogP contribution in [0.15, 0.2) is 23.1 Å². The Kier molecular flexibility index (Phi) is 6.59. The number of aryl methyl sites for hydroxylation is 1. The van der Waals surface area contributed by atoms with Crippen LogP contribution in [0.1, 0.15) is 19.4 Å². The standard InChI is InChI=1S/C14H19N3O7S/c1-9-4-5-12(8-13(9)17(21)22)25(23,24)16(10(2)14(19)20)7-6-15-11(3)18/h4-5,8,10H,6-7H2,1-3H3,(H,15,18)(H,19,20). The minimum Gasteiger partial charge on any atom is -0.480 e. The molecule has 2 N–H and O–H groups in total. The van der Waals surface area contributed by atoms with Gasteiger partial charge in [-0.1, -0.05) is 6.07 Å².